The number of halogens is 2. The van der Waals surface area contributed by atoms with E-state index < -0.39 is 0 Å². The number of ether oxygens (including phenoxy) is 1. The van der Waals surface area contributed by atoms with Crippen LogP contribution in [0.3, 0.4) is 0 Å². The van der Waals surface area contributed by atoms with Gasteiger partial charge in [0.2, 0.25) is 5.91 Å². The number of fused-ring (bicyclic) bond motifs is 1. The van der Waals surface area contributed by atoms with Crippen LogP contribution in [0.4, 0.5) is 0 Å². The molecule has 1 amide bonds. The molecular formula is C18H17Cl2N3O2. The summed E-state index contributed by atoms with van der Waals surface area (Å²) in [5, 5.41) is 0.973. The molecule has 0 saturated heterocycles. The Hall–Kier alpha value is -2.24. The van der Waals surface area contributed by atoms with Crippen LogP contribution in [0, 0.1) is 0 Å². The Labute approximate surface area is 155 Å². The van der Waals surface area contributed by atoms with Crippen molar-refractivity contribution in [1.82, 2.24) is 14.5 Å². The van der Waals surface area contributed by atoms with Crippen LogP contribution in [-0.4, -0.2) is 34.5 Å². The van der Waals surface area contributed by atoms with Crippen molar-refractivity contribution >= 4 is 40.1 Å². The van der Waals surface area contributed by atoms with E-state index in [9.17, 15) is 4.79 Å². The predicted octanol–water partition coefficient (Wildman–Crippen LogP) is 4.01. The smallest absolute Gasteiger partial charge is 0.242 e. The molecule has 3 aromatic rings. The molecule has 5 nitrogen and oxygen atoms in total. The number of rotatable bonds is 5. The molecule has 0 spiro atoms. The molecule has 1 aromatic heterocycles. The van der Waals surface area contributed by atoms with E-state index in [-0.39, 0.29) is 19.1 Å². The van der Waals surface area contributed by atoms with Gasteiger partial charge >= 0.3 is 0 Å². The van der Waals surface area contributed by atoms with Crippen molar-refractivity contribution in [3.8, 4) is 5.75 Å². The zero-order valence-corrected chi connectivity index (χ0v) is 15.4. The molecule has 0 bridgehead atoms. The van der Waals surface area contributed by atoms with Crippen molar-refractivity contribution in [2.75, 3.05) is 14.1 Å². The summed E-state index contributed by atoms with van der Waals surface area (Å²) in [6.45, 7) is 0.386. The lowest BCUT2D eigenvalue weighted by Gasteiger charge is -2.14. The van der Waals surface area contributed by atoms with Gasteiger partial charge in [-0.1, -0.05) is 35.3 Å². The second kappa shape index (κ2) is 7.33. The lowest BCUT2D eigenvalue weighted by molar-refractivity contribution is -0.129. The lowest BCUT2D eigenvalue weighted by Crippen LogP contribution is -2.27. The number of aromatic nitrogens is 2. The molecule has 0 aliphatic carbocycles. The number of benzene rings is 2. The van der Waals surface area contributed by atoms with Crippen LogP contribution in [-0.2, 0) is 17.9 Å². The van der Waals surface area contributed by atoms with Crippen molar-refractivity contribution in [3.63, 3.8) is 0 Å². The molecule has 0 saturated carbocycles. The first-order chi connectivity index (χ1) is 12.0. The highest BCUT2D eigenvalue weighted by molar-refractivity contribution is 6.35. The first-order valence-corrected chi connectivity index (χ1v) is 8.43. The topological polar surface area (TPSA) is 47.4 Å². The van der Waals surface area contributed by atoms with E-state index in [1.54, 1.807) is 37.2 Å². The van der Waals surface area contributed by atoms with Gasteiger partial charge in [0.1, 0.15) is 24.7 Å². The minimum Gasteiger partial charge on any atom is -0.484 e. The van der Waals surface area contributed by atoms with E-state index in [1.807, 2.05) is 28.8 Å². The third-order valence-corrected chi connectivity index (χ3v) is 4.31. The fraction of sp³-hybridized carbons (Fsp3) is 0.222. The van der Waals surface area contributed by atoms with Gasteiger partial charge in [0.15, 0.2) is 0 Å². The maximum atomic E-state index is 12.2. The van der Waals surface area contributed by atoms with E-state index in [1.165, 1.54) is 0 Å². The number of para-hydroxylation sites is 2. The lowest BCUT2D eigenvalue weighted by atomic mass is 10.3. The van der Waals surface area contributed by atoms with Gasteiger partial charge in [-0.25, -0.2) is 4.98 Å². The zero-order valence-electron chi connectivity index (χ0n) is 13.9. The summed E-state index contributed by atoms with van der Waals surface area (Å²) in [6.07, 6.45) is 0. The first-order valence-electron chi connectivity index (χ1n) is 7.68. The largest absolute Gasteiger partial charge is 0.484 e. The number of likely N-dealkylation sites (N-methyl/N-ethyl adjacent to an activating group) is 1. The highest BCUT2D eigenvalue weighted by Gasteiger charge is 2.15. The van der Waals surface area contributed by atoms with Gasteiger partial charge in [-0.2, -0.15) is 0 Å². The maximum absolute atomic E-state index is 12.2. The summed E-state index contributed by atoms with van der Waals surface area (Å²) in [6, 6.07) is 12.7. The molecule has 0 N–H and O–H groups in total. The molecule has 3 rings (SSSR count). The average Bonchev–Trinajstić information content (AvgIpc) is 2.92. The summed E-state index contributed by atoms with van der Waals surface area (Å²) < 4.78 is 7.65. The van der Waals surface area contributed by atoms with Crippen molar-refractivity contribution in [1.29, 1.82) is 0 Å². The highest BCUT2D eigenvalue weighted by atomic mass is 35.5. The summed E-state index contributed by atoms with van der Waals surface area (Å²) in [7, 11) is 3.45. The number of carbonyl (C=O) groups is 1. The van der Waals surface area contributed by atoms with E-state index in [0.29, 0.717) is 21.6 Å². The molecular weight excluding hydrogens is 361 g/mol. The Morgan fingerprint density at radius 1 is 1.20 bits per heavy atom. The molecule has 25 heavy (non-hydrogen) atoms. The van der Waals surface area contributed by atoms with Gasteiger partial charge in [-0.15, -0.1) is 0 Å². The summed E-state index contributed by atoms with van der Waals surface area (Å²) in [4.78, 5) is 18.3. The van der Waals surface area contributed by atoms with Crippen LogP contribution in [0.5, 0.6) is 5.75 Å². The van der Waals surface area contributed by atoms with Crippen molar-refractivity contribution in [2.45, 2.75) is 13.2 Å². The highest BCUT2D eigenvalue weighted by Crippen LogP contribution is 2.28. The number of carbonyl (C=O) groups excluding carboxylic acids is 1. The second-order valence-corrected chi connectivity index (χ2v) is 6.60. The van der Waals surface area contributed by atoms with Gasteiger partial charge in [0, 0.05) is 19.1 Å². The second-order valence-electron chi connectivity index (χ2n) is 5.75. The monoisotopic (exact) mass is 377 g/mol. The average molecular weight is 378 g/mol. The van der Waals surface area contributed by atoms with Crippen molar-refractivity contribution in [3.05, 3.63) is 58.3 Å². The number of imidazole rings is 1. The standard InChI is InChI=1S/C18H17Cl2N3O2/c1-22(2)18(24)10-23-15-6-4-3-5-14(15)21-17(23)11-25-16-8-7-12(19)9-13(16)20/h3-9H,10-11H2,1-2H3. The fourth-order valence-electron chi connectivity index (χ4n) is 2.42. The van der Waals surface area contributed by atoms with E-state index in [0.717, 1.165) is 11.0 Å². The predicted molar refractivity (Wildman–Crippen MR) is 99.2 cm³/mol. The van der Waals surface area contributed by atoms with Gasteiger partial charge in [-0.3, -0.25) is 4.79 Å². The summed E-state index contributed by atoms with van der Waals surface area (Å²) in [5.41, 5.74) is 1.70. The zero-order chi connectivity index (χ0) is 18.0. The van der Waals surface area contributed by atoms with Gasteiger partial charge in [0.25, 0.3) is 0 Å². The quantitative estimate of drug-likeness (QED) is 0.674. The Kier molecular flexibility index (Phi) is 5.16. The molecule has 2 aromatic carbocycles. The van der Waals surface area contributed by atoms with Gasteiger partial charge in [-0.05, 0) is 30.3 Å². The van der Waals surface area contributed by atoms with Crippen LogP contribution in [0.25, 0.3) is 11.0 Å². The maximum Gasteiger partial charge on any atom is 0.242 e. The number of amides is 1. The van der Waals surface area contributed by atoms with Crippen LogP contribution in [0.15, 0.2) is 42.5 Å². The Morgan fingerprint density at radius 2 is 1.96 bits per heavy atom. The van der Waals surface area contributed by atoms with E-state index in [4.69, 9.17) is 27.9 Å². The molecule has 0 aliphatic rings. The van der Waals surface area contributed by atoms with Crippen molar-refractivity contribution < 1.29 is 9.53 Å². The van der Waals surface area contributed by atoms with Gasteiger partial charge < -0.3 is 14.2 Å². The molecule has 0 atom stereocenters. The first kappa shape index (κ1) is 17.6. The van der Waals surface area contributed by atoms with Crippen LogP contribution >= 0.6 is 23.2 Å². The van der Waals surface area contributed by atoms with Crippen LogP contribution in [0.1, 0.15) is 5.82 Å². The Bertz CT molecular complexity index is 922. The molecule has 130 valence electrons. The fourth-order valence-corrected chi connectivity index (χ4v) is 2.89. The molecule has 0 unspecified atom stereocenters. The number of nitrogens with zero attached hydrogens (tertiary/aromatic N) is 3. The minimum absolute atomic E-state index is 0.0195. The number of hydrogen-bond acceptors (Lipinski definition) is 3. The molecule has 7 heteroatoms. The minimum atomic E-state index is -0.0195. The van der Waals surface area contributed by atoms with Crippen molar-refractivity contribution in [2.24, 2.45) is 0 Å². The third kappa shape index (κ3) is 3.89. The number of hydrogen-bond donors (Lipinski definition) is 0. The normalized spacial score (nSPS) is 10.9. The van der Waals surface area contributed by atoms with E-state index >= 15 is 0 Å². The third-order valence-electron chi connectivity index (χ3n) is 3.78. The van der Waals surface area contributed by atoms with Crippen LogP contribution < -0.4 is 4.74 Å². The Morgan fingerprint density at radius 3 is 2.68 bits per heavy atom. The molecule has 0 fully saturated rings. The molecule has 0 aliphatic heterocycles. The SMILES string of the molecule is CN(C)C(=O)Cn1c(COc2ccc(Cl)cc2Cl)nc2ccccc21. The summed E-state index contributed by atoms with van der Waals surface area (Å²) >= 11 is 12.0. The molecule has 0 radical (unpaired) electrons. The van der Waals surface area contributed by atoms with Crippen LogP contribution in [0.2, 0.25) is 10.0 Å². The van der Waals surface area contributed by atoms with Gasteiger partial charge in [0.05, 0.1) is 16.1 Å². The Balaban J connectivity index is 1.90. The summed E-state index contributed by atoms with van der Waals surface area (Å²) in [5.74, 6) is 1.15. The van der Waals surface area contributed by atoms with E-state index in [2.05, 4.69) is 4.98 Å². The molecule has 1 heterocycles.